The zero-order chi connectivity index (χ0) is 10.9. The van der Waals surface area contributed by atoms with Crippen LogP contribution in [0.1, 0.15) is 19.4 Å². The van der Waals surface area contributed by atoms with Crippen LogP contribution >= 0.6 is 0 Å². The molecule has 0 unspecified atom stereocenters. The zero-order valence-electron chi connectivity index (χ0n) is 7.75. The van der Waals surface area contributed by atoms with Crippen molar-refractivity contribution < 1.29 is 13.7 Å². The number of halogens is 2. The van der Waals surface area contributed by atoms with Crippen molar-refractivity contribution in [1.82, 2.24) is 0 Å². The van der Waals surface area contributed by atoms with E-state index in [9.17, 15) is 18.9 Å². The number of benzene rings is 1. The maximum absolute atomic E-state index is 13.5. The molecule has 1 rings (SSSR count). The highest BCUT2D eigenvalue weighted by Crippen LogP contribution is 2.32. The summed E-state index contributed by atoms with van der Waals surface area (Å²) >= 11 is 0. The van der Waals surface area contributed by atoms with Crippen LogP contribution in [0.25, 0.3) is 0 Å². The SMILES string of the molecule is CC(C)(F)c1cc(F)ccc1[N+](=O)[O-]. The molecule has 0 aromatic heterocycles. The fraction of sp³-hybridized carbons (Fsp3) is 0.333. The first-order valence-electron chi connectivity index (χ1n) is 3.95. The number of nitro benzene ring substituents is 1. The maximum Gasteiger partial charge on any atom is 0.275 e. The summed E-state index contributed by atoms with van der Waals surface area (Å²) in [4.78, 5) is 9.77. The highest BCUT2D eigenvalue weighted by Gasteiger charge is 2.28. The molecular weight excluding hydrogens is 192 g/mol. The lowest BCUT2D eigenvalue weighted by Crippen LogP contribution is -2.12. The van der Waals surface area contributed by atoms with E-state index in [1.165, 1.54) is 0 Å². The van der Waals surface area contributed by atoms with E-state index in [0.29, 0.717) is 0 Å². The van der Waals surface area contributed by atoms with Crippen molar-refractivity contribution in [1.29, 1.82) is 0 Å². The summed E-state index contributed by atoms with van der Waals surface area (Å²) < 4.78 is 26.2. The van der Waals surface area contributed by atoms with Crippen LogP contribution in [-0.2, 0) is 5.67 Å². The summed E-state index contributed by atoms with van der Waals surface area (Å²) in [7, 11) is 0. The van der Waals surface area contributed by atoms with E-state index < -0.39 is 22.1 Å². The van der Waals surface area contributed by atoms with Crippen LogP contribution in [0, 0.1) is 15.9 Å². The molecule has 5 heteroatoms. The molecule has 0 heterocycles. The molecule has 1 aromatic rings. The third kappa shape index (κ3) is 2.04. The molecular formula is C9H9F2NO2. The van der Waals surface area contributed by atoms with Gasteiger partial charge in [-0.05, 0) is 26.0 Å². The smallest absolute Gasteiger partial charge is 0.258 e. The Morgan fingerprint density at radius 2 is 2.00 bits per heavy atom. The zero-order valence-corrected chi connectivity index (χ0v) is 7.75. The number of nitro groups is 1. The summed E-state index contributed by atoms with van der Waals surface area (Å²) in [5, 5.41) is 10.5. The second-order valence-corrected chi connectivity index (χ2v) is 3.39. The molecule has 0 fully saturated rings. The van der Waals surface area contributed by atoms with Crippen molar-refractivity contribution in [3.05, 3.63) is 39.7 Å². The first-order valence-corrected chi connectivity index (χ1v) is 3.95. The van der Waals surface area contributed by atoms with E-state index in [1.807, 2.05) is 0 Å². The van der Waals surface area contributed by atoms with Gasteiger partial charge >= 0.3 is 0 Å². The van der Waals surface area contributed by atoms with Crippen LogP contribution < -0.4 is 0 Å². The van der Waals surface area contributed by atoms with Crippen LogP contribution in [0.5, 0.6) is 0 Å². The summed E-state index contributed by atoms with van der Waals surface area (Å²) in [5.41, 5.74) is -2.58. The largest absolute Gasteiger partial charge is 0.275 e. The lowest BCUT2D eigenvalue weighted by molar-refractivity contribution is -0.386. The van der Waals surface area contributed by atoms with Gasteiger partial charge in [-0.3, -0.25) is 10.1 Å². The average Bonchev–Trinajstić information content (AvgIpc) is 2.01. The Morgan fingerprint density at radius 1 is 1.43 bits per heavy atom. The molecule has 0 spiro atoms. The Bertz CT molecular complexity index is 372. The molecule has 0 saturated heterocycles. The first kappa shape index (κ1) is 10.6. The van der Waals surface area contributed by atoms with Crippen LogP contribution in [0.3, 0.4) is 0 Å². The van der Waals surface area contributed by atoms with Crippen LogP contribution in [0.2, 0.25) is 0 Å². The first-order chi connectivity index (χ1) is 6.32. The Hall–Kier alpha value is -1.52. The van der Waals surface area contributed by atoms with Gasteiger partial charge in [-0.25, -0.2) is 8.78 Å². The number of rotatable bonds is 2. The van der Waals surface area contributed by atoms with Gasteiger partial charge in [-0.15, -0.1) is 0 Å². The van der Waals surface area contributed by atoms with Crippen LogP contribution in [0.4, 0.5) is 14.5 Å². The van der Waals surface area contributed by atoms with Gasteiger partial charge in [0, 0.05) is 6.07 Å². The van der Waals surface area contributed by atoms with Gasteiger partial charge in [0.2, 0.25) is 0 Å². The second kappa shape index (κ2) is 3.32. The summed E-state index contributed by atoms with van der Waals surface area (Å²) in [6.07, 6.45) is 0. The minimum Gasteiger partial charge on any atom is -0.258 e. The monoisotopic (exact) mass is 201 g/mol. The van der Waals surface area contributed by atoms with Crippen molar-refractivity contribution in [3.63, 3.8) is 0 Å². The van der Waals surface area contributed by atoms with Gasteiger partial charge in [0.15, 0.2) is 0 Å². The minimum atomic E-state index is -1.93. The summed E-state index contributed by atoms with van der Waals surface area (Å²) in [6.45, 7) is 2.30. The number of nitrogens with zero attached hydrogens (tertiary/aromatic N) is 1. The van der Waals surface area contributed by atoms with E-state index in [2.05, 4.69) is 0 Å². The Labute approximate surface area is 79.5 Å². The van der Waals surface area contributed by atoms with Crippen LogP contribution in [-0.4, -0.2) is 4.92 Å². The van der Waals surface area contributed by atoms with Gasteiger partial charge < -0.3 is 0 Å². The molecule has 0 aliphatic carbocycles. The van der Waals surface area contributed by atoms with Crippen LogP contribution in [0.15, 0.2) is 18.2 Å². The van der Waals surface area contributed by atoms with Gasteiger partial charge in [-0.1, -0.05) is 0 Å². The molecule has 0 aliphatic rings. The lowest BCUT2D eigenvalue weighted by Gasteiger charge is -2.14. The highest BCUT2D eigenvalue weighted by atomic mass is 19.1. The van der Waals surface area contributed by atoms with Crippen molar-refractivity contribution >= 4 is 5.69 Å². The Morgan fingerprint density at radius 3 is 2.43 bits per heavy atom. The Kier molecular flexibility index (Phi) is 2.51. The predicted octanol–water partition coefficient (Wildman–Crippen LogP) is 2.94. The molecule has 0 atom stereocenters. The van der Waals surface area contributed by atoms with Crippen molar-refractivity contribution in [3.8, 4) is 0 Å². The minimum absolute atomic E-state index is 0.248. The molecule has 0 aliphatic heterocycles. The molecule has 0 saturated carbocycles. The fourth-order valence-corrected chi connectivity index (χ4v) is 1.14. The average molecular weight is 201 g/mol. The molecule has 1 aromatic carbocycles. The molecule has 0 N–H and O–H groups in total. The molecule has 3 nitrogen and oxygen atoms in total. The molecule has 14 heavy (non-hydrogen) atoms. The van der Waals surface area contributed by atoms with E-state index >= 15 is 0 Å². The maximum atomic E-state index is 13.5. The molecule has 76 valence electrons. The number of hydrogen-bond donors (Lipinski definition) is 0. The van der Waals surface area contributed by atoms with Gasteiger partial charge in [0.05, 0.1) is 10.5 Å². The second-order valence-electron chi connectivity index (χ2n) is 3.39. The topological polar surface area (TPSA) is 43.1 Å². The van der Waals surface area contributed by atoms with Gasteiger partial charge in [0.1, 0.15) is 11.5 Å². The third-order valence-electron chi connectivity index (χ3n) is 1.80. The Balaban J connectivity index is 3.38. The van der Waals surface area contributed by atoms with Crippen molar-refractivity contribution in [2.24, 2.45) is 0 Å². The summed E-state index contributed by atoms with van der Waals surface area (Å²) in [6, 6.07) is 2.75. The van der Waals surface area contributed by atoms with E-state index in [1.54, 1.807) is 0 Å². The quantitative estimate of drug-likeness (QED) is 0.545. The van der Waals surface area contributed by atoms with E-state index in [0.717, 1.165) is 32.0 Å². The summed E-state index contributed by atoms with van der Waals surface area (Å²) in [5.74, 6) is -0.684. The third-order valence-corrected chi connectivity index (χ3v) is 1.80. The van der Waals surface area contributed by atoms with Crippen molar-refractivity contribution in [2.75, 3.05) is 0 Å². The van der Waals surface area contributed by atoms with Crippen molar-refractivity contribution in [2.45, 2.75) is 19.5 Å². The highest BCUT2D eigenvalue weighted by molar-refractivity contribution is 5.43. The number of alkyl halides is 1. The van der Waals surface area contributed by atoms with Gasteiger partial charge in [-0.2, -0.15) is 0 Å². The molecule has 0 bridgehead atoms. The predicted molar refractivity (Wildman–Crippen MR) is 47.2 cm³/mol. The number of hydrogen-bond acceptors (Lipinski definition) is 2. The standard InChI is InChI=1S/C9H9F2NO2/c1-9(2,11)7-5-6(10)3-4-8(7)12(13)14/h3-5H,1-2H3. The lowest BCUT2D eigenvalue weighted by atomic mass is 9.98. The molecule has 0 radical (unpaired) electrons. The fourth-order valence-electron chi connectivity index (χ4n) is 1.14. The molecule has 0 amide bonds. The van der Waals surface area contributed by atoms with Gasteiger partial charge in [0.25, 0.3) is 5.69 Å². The van der Waals surface area contributed by atoms with E-state index in [4.69, 9.17) is 0 Å². The normalized spacial score (nSPS) is 11.4. The van der Waals surface area contributed by atoms with E-state index in [-0.39, 0.29) is 5.56 Å².